The smallest absolute Gasteiger partial charge is 0.139 e. The van der Waals surface area contributed by atoms with Crippen LogP contribution in [0.15, 0.2) is 35.6 Å². The highest BCUT2D eigenvalue weighted by Gasteiger charge is 2.04. The molecule has 3 rings (SSSR count). The topological polar surface area (TPSA) is 58.9 Å². The largest absolute Gasteiger partial charge is 0.304 e. The number of nitrogens with one attached hydrogen (secondary N) is 1. The molecule has 3 heterocycles. The van der Waals surface area contributed by atoms with E-state index in [1.807, 2.05) is 12.1 Å². The quantitative estimate of drug-likeness (QED) is 0.717. The zero-order chi connectivity index (χ0) is 11.7. The lowest BCUT2D eigenvalue weighted by atomic mass is 10.4. The van der Waals surface area contributed by atoms with Gasteiger partial charge in [0.05, 0.1) is 11.9 Å². The van der Waals surface area contributed by atoms with E-state index in [0.717, 1.165) is 22.1 Å². The van der Waals surface area contributed by atoms with Crippen molar-refractivity contribution in [2.75, 3.05) is 0 Å². The number of hydrogen-bond acceptors (Lipinski definition) is 4. The van der Waals surface area contributed by atoms with E-state index in [2.05, 4.69) is 44.0 Å². The summed E-state index contributed by atoms with van der Waals surface area (Å²) in [5.74, 6) is 0.799. The molecule has 0 aromatic carbocycles. The first-order valence-electron chi connectivity index (χ1n) is 5.25. The van der Waals surface area contributed by atoms with Gasteiger partial charge in [-0.05, 0) is 19.1 Å². The molecule has 0 fully saturated rings. The van der Waals surface area contributed by atoms with Crippen LogP contribution in [0.25, 0.3) is 5.65 Å². The van der Waals surface area contributed by atoms with Crippen LogP contribution in [0.2, 0.25) is 0 Å². The van der Waals surface area contributed by atoms with E-state index in [1.54, 1.807) is 18.0 Å². The van der Waals surface area contributed by atoms with Crippen LogP contribution >= 0.6 is 11.8 Å². The van der Waals surface area contributed by atoms with Gasteiger partial charge in [-0.25, -0.2) is 4.98 Å². The predicted molar refractivity (Wildman–Crippen MR) is 65.9 cm³/mol. The fourth-order valence-corrected chi connectivity index (χ4v) is 2.34. The zero-order valence-corrected chi connectivity index (χ0v) is 10.1. The molecule has 17 heavy (non-hydrogen) atoms. The highest BCUT2D eigenvalue weighted by atomic mass is 32.2. The third kappa shape index (κ3) is 2.03. The van der Waals surface area contributed by atoms with Crippen molar-refractivity contribution in [2.24, 2.45) is 0 Å². The number of rotatable bonds is 3. The van der Waals surface area contributed by atoms with Gasteiger partial charge in [-0.3, -0.25) is 0 Å². The number of pyridine rings is 1. The molecule has 0 saturated heterocycles. The van der Waals surface area contributed by atoms with Crippen LogP contribution < -0.4 is 0 Å². The second-order valence-electron chi connectivity index (χ2n) is 3.72. The molecule has 0 aliphatic heterocycles. The summed E-state index contributed by atoms with van der Waals surface area (Å²) in [6, 6.07) is 6.10. The average molecular weight is 245 g/mol. The summed E-state index contributed by atoms with van der Waals surface area (Å²) >= 11 is 1.62. The molecule has 0 aliphatic rings. The van der Waals surface area contributed by atoms with Gasteiger partial charge in [0.25, 0.3) is 0 Å². The number of aromatic amines is 1. The number of aryl methyl sites for hydroxylation is 1. The third-order valence-electron chi connectivity index (χ3n) is 2.51. The molecule has 0 radical (unpaired) electrons. The Hall–Kier alpha value is -1.82. The van der Waals surface area contributed by atoms with Crippen LogP contribution in [0.4, 0.5) is 0 Å². The molecule has 0 unspecified atom stereocenters. The van der Waals surface area contributed by atoms with E-state index in [0.29, 0.717) is 0 Å². The summed E-state index contributed by atoms with van der Waals surface area (Å²) in [5, 5.41) is 11.2. The van der Waals surface area contributed by atoms with E-state index >= 15 is 0 Å². The Labute approximate surface area is 102 Å². The minimum Gasteiger partial charge on any atom is -0.304 e. The molecule has 3 aromatic rings. The van der Waals surface area contributed by atoms with E-state index < -0.39 is 0 Å². The summed E-state index contributed by atoms with van der Waals surface area (Å²) in [6.07, 6.45) is 3.78. The Morgan fingerprint density at radius 2 is 2.35 bits per heavy atom. The Balaban J connectivity index is 1.84. The number of fused-ring (bicyclic) bond motifs is 1. The van der Waals surface area contributed by atoms with Gasteiger partial charge in [0.2, 0.25) is 0 Å². The van der Waals surface area contributed by atoms with Crippen molar-refractivity contribution in [2.45, 2.75) is 17.7 Å². The lowest BCUT2D eigenvalue weighted by Gasteiger charge is -1.95. The summed E-state index contributed by atoms with van der Waals surface area (Å²) < 4.78 is 2.10. The Morgan fingerprint density at radius 1 is 1.41 bits per heavy atom. The van der Waals surface area contributed by atoms with Crippen molar-refractivity contribution in [1.29, 1.82) is 0 Å². The van der Waals surface area contributed by atoms with Crippen LogP contribution in [0, 0.1) is 6.92 Å². The molecular formula is C11H11N5S. The highest BCUT2D eigenvalue weighted by molar-refractivity contribution is 7.98. The van der Waals surface area contributed by atoms with Crippen molar-refractivity contribution in [1.82, 2.24) is 24.8 Å². The SMILES string of the molecule is Cc1cccc2nc(CSc3cn[nH]n3)cn12. The molecule has 0 atom stereocenters. The number of thioether (sulfide) groups is 1. The molecule has 0 amide bonds. The summed E-state index contributed by atoms with van der Waals surface area (Å²) in [4.78, 5) is 4.56. The van der Waals surface area contributed by atoms with Gasteiger partial charge in [0.1, 0.15) is 10.7 Å². The Bertz CT molecular complexity index is 628. The summed E-state index contributed by atoms with van der Waals surface area (Å²) in [5.41, 5.74) is 3.22. The minimum absolute atomic E-state index is 0.799. The van der Waals surface area contributed by atoms with Gasteiger partial charge in [-0.15, -0.1) is 5.10 Å². The van der Waals surface area contributed by atoms with Gasteiger partial charge in [0.15, 0.2) is 0 Å². The maximum atomic E-state index is 4.56. The van der Waals surface area contributed by atoms with Gasteiger partial charge in [0, 0.05) is 17.6 Å². The van der Waals surface area contributed by atoms with Gasteiger partial charge >= 0.3 is 0 Å². The second kappa shape index (κ2) is 4.21. The van der Waals surface area contributed by atoms with E-state index in [-0.39, 0.29) is 0 Å². The van der Waals surface area contributed by atoms with Gasteiger partial charge in [-0.1, -0.05) is 17.8 Å². The maximum Gasteiger partial charge on any atom is 0.139 e. The molecule has 3 aromatic heterocycles. The number of nitrogens with zero attached hydrogens (tertiary/aromatic N) is 4. The third-order valence-corrected chi connectivity index (χ3v) is 3.44. The molecule has 0 saturated carbocycles. The van der Waals surface area contributed by atoms with Crippen molar-refractivity contribution < 1.29 is 0 Å². The predicted octanol–water partition coefficient (Wildman–Crippen LogP) is 2.05. The minimum atomic E-state index is 0.799. The molecule has 0 spiro atoms. The first-order chi connectivity index (χ1) is 8.33. The fourth-order valence-electron chi connectivity index (χ4n) is 1.68. The summed E-state index contributed by atoms with van der Waals surface area (Å²) in [7, 11) is 0. The van der Waals surface area contributed by atoms with Crippen LogP contribution in [-0.2, 0) is 5.75 Å². The Kier molecular flexibility index (Phi) is 2.56. The average Bonchev–Trinajstić information content (AvgIpc) is 2.95. The monoisotopic (exact) mass is 245 g/mol. The Morgan fingerprint density at radius 3 is 3.12 bits per heavy atom. The van der Waals surface area contributed by atoms with Crippen LogP contribution in [-0.4, -0.2) is 24.8 Å². The van der Waals surface area contributed by atoms with Gasteiger partial charge < -0.3 is 4.40 Å². The second-order valence-corrected chi connectivity index (χ2v) is 4.72. The normalized spacial score (nSPS) is 11.1. The summed E-state index contributed by atoms with van der Waals surface area (Å²) in [6.45, 7) is 2.07. The number of hydrogen-bond donors (Lipinski definition) is 1. The number of aromatic nitrogens is 5. The number of H-pyrrole nitrogens is 1. The standard InChI is InChI=1S/C11H11N5S/c1-8-3-2-4-10-13-9(6-16(8)10)7-17-11-5-12-15-14-11/h2-6H,7H2,1H3,(H,12,14,15). The van der Waals surface area contributed by atoms with E-state index in [4.69, 9.17) is 0 Å². The fraction of sp³-hybridized carbons (Fsp3) is 0.182. The van der Waals surface area contributed by atoms with Crippen molar-refractivity contribution >= 4 is 17.4 Å². The molecule has 0 bridgehead atoms. The van der Waals surface area contributed by atoms with Crippen molar-refractivity contribution in [3.05, 3.63) is 42.0 Å². The van der Waals surface area contributed by atoms with E-state index in [1.165, 1.54) is 5.69 Å². The molecule has 5 nitrogen and oxygen atoms in total. The molecule has 6 heteroatoms. The molecule has 1 N–H and O–H groups in total. The van der Waals surface area contributed by atoms with Crippen LogP contribution in [0.3, 0.4) is 0 Å². The van der Waals surface area contributed by atoms with Crippen LogP contribution in [0.5, 0.6) is 0 Å². The number of imidazole rings is 1. The van der Waals surface area contributed by atoms with Crippen molar-refractivity contribution in [3.8, 4) is 0 Å². The highest BCUT2D eigenvalue weighted by Crippen LogP contribution is 2.19. The van der Waals surface area contributed by atoms with Crippen molar-refractivity contribution in [3.63, 3.8) is 0 Å². The van der Waals surface area contributed by atoms with Gasteiger partial charge in [-0.2, -0.15) is 10.3 Å². The molecule has 86 valence electrons. The molecular weight excluding hydrogens is 234 g/mol. The zero-order valence-electron chi connectivity index (χ0n) is 9.29. The lowest BCUT2D eigenvalue weighted by Crippen LogP contribution is -1.86. The van der Waals surface area contributed by atoms with E-state index in [9.17, 15) is 0 Å². The first-order valence-corrected chi connectivity index (χ1v) is 6.23. The molecule has 0 aliphatic carbocycles. The lowest BCUT2D eigenvalue weighted by molar-refractivity contribution is 0.911. The van der Waals surface area contributed by atoms with Crippen LogP contribution in [0.1, 0.15) is 11.4 Å². The first kappa shape index (κ1) is 10.3. The maximum absolute atomic E-state index is 4.56.